The average Bonchev–Trinajstić information content (AvgIpc) is 2.59. The maximum atomic E-state index is 10.9. The van der Waals surface area contributed by atoms with Crippen molar-refractivity contribution in [2.75, 3.05) is 11.9 Å². The minimum Gasteiger partial charge on any atom is -0.366 e. The number of hydrogen-bond donors (Lipinski definition) is 1. The standard InChI is InChI=1S/C17H13ClN4O2/c18-17-20-15-9-8-13(22(23)24)11-14(15)16(21-17)19-10-4-7-12-5-2-1-3-6-12/h1-9,11H,10H2,(H,19,20,21). The van der Waals surface area contributed by atoms with Crippen molar-refractivity contribution in [3.8, 4) is 0 Å². The van der Waals surface area contributed by atoms with Gasteiger partial charge in [-0.25, -0.2) is 9.97 Å². The Kier molecular flexibility index (Phi) is 4.67. The van der Waals surface area contributed by atoms with E-state index in [-0.39, 0.29) is 11.0 Å². The van der Waals surface area contributed by atoms with E-state index in [0.29, 0.717) is 23.3 Å². The summed E-state index contributed by atoms with van der Waals surface area (Å²) in [6.45, 7) is 0.500. The van der Waals surface area contributed by atoms with Gasteiger partial charge in [-0.3, -0.25) is 10.1 Å². The lowest BCUT2D eigenvalue weighted by atomic mass is 10.2. The molecule has 1 aromatic heterocycles. The van der Waals surface area contributed by atoms with Crippen LogP contribution < -0.4 is 5.32 Å². The first kappa shape index (κ1) is 15.9. The topological polar surface area (TPSA) is 81.0 Å². The summed E-state index contributed by atoms with van der Waals surface area (Å²) >= 11 is 5.92. The summed E-state index contributed by atoms with van der Waals surface area (Å²) < 4.78 is 0. The van der Waals surface area contributed by atoms with E-state index >= 15 is 0 Å². The molecule has 0 amide bonds. The summed E-state index contributed by atoms with van der Waals surface area (Å²) in [6.07, 6.45) is 3.91. The maximum Gasteiger partial charge on any atom is 0.270 e. The Morgan fingerprint density at radius 3 is 2.71 bits per heavy atom. The quantitative estimate of drug-likeness (QED) is 0.425. The fourth-order valence-corrected chi connectivity index (χ4v) is 2.43. The number of nitrogens with zero attached hydrogens (tertiary/aromatic N) is 3. The van der Waals surface area contributed by atoms with Crippen molar-refractivity contribution in [2.24, 2.45) is 0 Å². The molecule has 120 valence electrons. The zero-order valence-electron chi connectivity index (χ0n) is 12.5. The molecule has 2 aromatic carbocycles. The second-order valence-electron chi connectivity index (χ2n) is 4.99. The molecule has 3 aromatic rings. The molecule has 0 saturated heterocycles. The summed E-state index contributed by atoms with van der Waals surface area (Å²) in [5, 5.41) is 14.7. The molecule has 0 aliphatic rings. The summed E-state index contributed by atoms with van der Waals surface area (Å²) in [7, 11) is 0. The third-order valence-corrected chi connectivity index (χ3v) is 3.53. The van der Waals surface area contributed by atoms with Crippen LogP contribution >= 0.6 is 11.6 Å². The predicted molar refractivity (Wildman–Crippen MR) is 95.2 cm³/mol. The lowest BCUT2D eigenvalue weighted by Crippen LogP contribution is -2.03. The van der Waals surface area contributed by atoms with E-state index in [1.54, 1.807) is 6.07 Å². The van der Waals surface area contributed by atoms with E-state index in [0.717, 1.165) is 5.56 Å². The monoisotopic (exact) mass is 340 g/mol. The molecule has 7 heteroatoms. The second-order valence-corrected chi connectivity index (χ2v) is 5.33. The number of aromatic nitrogens is 2. The van der Waals surface area contributed by atoms with Gasteiger partial charge in [-0.15, -0.1) is 0 Å². The van der Waals surface area contributed by atoms with Crippen LogP contribution in [0.5, 0.6) is 0 Å². The number of nitro benzene ring substituents is 1. The molecule has 0 atom stereocenters. The highest BCUT2D eigenvalue weighted by atomic mass is 35.5. The molecule has 0 aliphatic carbocycles. The number of non-ortho nitro benzene ring substituents is 1. The third-order valence-electron chi connectivity index (χ3n) is 3.36. The fraction of sp³-hybridized carbons (Fsp3) is 0.0588. The molecular formula is C17H13ClN4O2. The number of benzene rings is 2. The Bertz CT molecular complexity index is 913. The van der Waals surface area contributed by atoms with E-state index in [9.17, 15) is 10.1 Å². The predicted octanol–water partition coefficient (Wildman–Crippen LogP) is 4.32. The number of halogens is 1. The number of anilines is 1. The van der Waals surface area contributed by atoms with Gasteiger partial charge < -0.3 is 5.32 Å². The minimum absolute atomic E-state index is 0.0173. The van der Waals surface area contributed by atoms with Crippen LogP contribution in [0.2, 0.25) is 5.28 Å². The highest BCUT2D eigenvalue weighted by molar-refractivity contribution is 6.28. The fourth-order valence-electron chi connectivity index (χ4n) is 2.25. The van der Waals surface area contributed by atoms with Gasteiger partial charge in [0.15, 0.2) is 0 Å². The van der Waals surface area contributed by atoms with E-state index in [2.05, 4.69) is 15.3 Å². The second kappa shape index (κ2) is 7.06. The van der Waals surface area contributed by atoms with Gasteiger partial charge in [-0.2, -0.15) is 0 Å². The molecule has 0 fully saturated rings. The van der Waals surface area contributed by atoms with E-state index in [1.165, 1.54) is 12.1 Å². The Morgan fingerprint density at radius 2 is 1.96 bits per heavy atom. The largest absolute Gasteiger partial charge is 0.366 e. The average molecular weight is 341 g/mol. The van der Waals surface area contributed by atoms with Crippen molar-refractivity contribution in [3.63, 3.8) is 0 Å². The van der Waals surface area contributed by atoms with Crippen LogP contribution in [0.25, 0.3) is 17.0 Å². The van der Waals surface area contributed by atoms with Gasteiger partial charge in [0, 0.05) is 24.1 Å². The molecule has 0 bridgehead atoms. The van der Waals surface area contributed by atoms with Crippen LogP contribution in [-0.2, 0) is 0 Å². The third kappa shape index (κ3) is 3.67. The van der Waals surface area contributed by atoms with E-state index in [1.807, 2.05) is 42.5 Å². The van der Waals surface area contributed by atoms with Crippen molar-refractivity contribution in [1.29, 1.82) is 0 Å². The Hall–Kier alpha value is -2.99. The van der Waals surface area contributed by atoms with Crippen LogP contribution in [0.3, 0.4) is 0 Å². The molecule has 0 aliphatic heterocycles. The number of fused-ring (bicyclic) bond motifs is 1. The molecule has 0 spiro atoms. The van der Waals surface area contributed by atoms with Crippen molar-refractivity contribution in [1.82, 2.24) is 9.97 Å². The van der Waals surface area contributed by atoms with Crippen LogP contribution in [0.15, 0.2) is 54.6 Å². The van der Waals surface area contributed by atoms with Crippen LogP contribution in [0, 0.1) is 10.1 Å². The highest BCUT2D eigenvalue weighted by Crippen LogP contribution is 2.26. The van der Waals surface area contributed by atoms with Crippen LogP contribution in [-0.4, -0.2) is 21.4 Å². The summed E-state index contributed by atoms with van der Waals surface area (Å²) in [4.78, 5) is 18.7. The van der Waals surface area contributed by atoms with Gasteiger partial charge in [0.25, 0.3) is 5.69 Å². The van der Waals surface area contributed by atoms with Crippen LogP contribution in [0.1, 0.15) is 5.56 Å². The molecule has 0 radical (unpaired) electrons. The first-order valence-electron chi connectivity index (χ1n) is 7.20. The van der Waals surface area contributed by atoms with E-state index in [4.69, 9.17) is 11.6 Å². The highest BCUT2D eigenvalue weighted by Gasteiger charge is 2.11. The molecule has 1 N–H and O–H groups in total. The van der Waals surface area contributed by atoms with E-state index < -0.39 is 4.92 Å². The number of hydrogen-bond acceptors (Lipinski definition) is 5. The van der Waals surface area contributed by atoms with Gasteiger partial charge >= 0.3 is 0 Å². The lowest BCUT2D eigenvalue weighted by Gasteiger charge is -2.07. The summed E-state index contributed by atoms with van der Waals surface area (Å²) in [6, 6.07) is 14.3. The molecular weight excluding hydrogens is 328 g/mol. The van der Waals surface area contributed by atoms with Gasteiger partial charge in [0.2, 0.25) is 5.28 Å². The first-order chi connectivity index (χ1) is 11.6. The van der Waals surface area contributed by atoms with Crippen LogP contribution in [0.4, 0.5) is 11.5 Å². The molecule has 24 heavy (non-hydrogen) atoms. The SMILES string of the molecule is O=[N+]([O-])c1ccc2nc(Cl)nc(NCC=Cc3ccccc3)c2c1. The molecule has 0 saturated carbocycles. The molecule has 0 unspecified atom stereocenters. The molecule has 1 heterocycles. The number of nitrogens with one attached hydrogen (secondary N) is 1. The van der Waals surface area contributed by atoms with Gasteiger partial charge in [0.1, 0.15) is 5.82 Å². The lowest BCUT2D eigenvalue weighted by molar-refractivity contribution is -0.384. The Morgan fingerprint density at radius 1 is 1.17 bits per heavy atom. The maximum absolute atomic E-state index is 10.9. The van der Waals surface area contributed by atoms with Crippen molar-refractivity contribution in [3.05, 3.63) is 75.6 Å². The Labute approximate surface area is 143 Å². The summed E-state index contributed by atoms with van der Waals surface area (Å²) in [5.41, 5.74) is 1.62. The van der Waals surface area contributed by atoms with Gasteiger partial charge in [0.05, 0.1) is 10.4 Å². The first-order valence-corrected chi connectivity index (χ1v) is 7.58. The summed E-state index contributed by atoms with van der Waals surface area (Å²) in [5.74, 6) is 0.464. The number of nitro groups is 1. The smallest absolute Gasteiger partial charge is 0.270 e. The zero-order valence-corrected chi connectivity index (χ0v) is 13.3. The normalized spacial score (nSPS) is 11.0. The Balaban J connectivity index is 1.84. The van der Waals surface area contributed by atoms with Crippen molar-refractivity contribution < 1.29 is 4.92 Å². The van der Waals surface area contributed by atoms with Gasteiger partial charge in [-0.05, 0) is 23.2 Å². The number of rotatable bonds is 5. The van der Waals surface area contributed by atoms with Crippen molar-refractivity contribution >= 4 is 40.1 Å². The minimum atomic E-state index is -0.451. The van der Waals surface area contributed by atoms with Gasteiger partial charge in [-0.1, -0.05) is 42.5 Å². The molecule has 3 rings (SSSR count). The van der Waals surface area contributed by atoms with Crippen molar-refractivity contribution in [2.45, 2.75) is 0 Å². The molecule has 6 nitrogen and oxygen atoms in total. The zero-order chi connectivity index (χ0) is 16.9.